The summed E-state index contributed by atoms with van der Waals surface area (Å²) in [6.45, 7) is 0.392. The lowest BCUT2D eigenvalue weighted by Crippen LogP contribution is -2.31. The number of aliphatic hydroxyl groups excluding tert-OH is 1. The molecular weight excluding hydrogens is 574 g/mol. The first-order chi connectivity index (χ1) is 21.6. The van der Waals surface area contributed by atoms with E-state index in [9.17, 15) is 9.90 Å². The van der Waals surface area contributed by atoms with E-state index in [0.29, 0.717) is 24.3 Å². The third-order valence-electron chi connectivity index (χ3n) is 7.56. The van der Waals surface area contributed by atoms with Crippen LogP contribution in [-0.4, -0.2) is 42.6 Å². The summed E-state index contributed by atoms with van der Waals surface area (Å²) in [4.78, 5) is 16.6. The lowest BCUT2D eigenvalue weighted by Gasteiger charge is -2.36. The van der Waals surface area contributed by atoms with E-state index in [2.05, 4.69) is 38.7 Å². The van der Waals surface area contributed by atoms with Gasteiger partial charge in [-0.3, -0.25) is 9.78 Å². The number of carbonyl (C=O) groups is 1. The van der Waals surface area contributed by atoms with Crippen LogP contribution in [0.15, 0.2) is 109 Å². The highest BCUT2D eigenvalue weighted by molar-refractivity contribution is 7.99. The van der Waals surface area contributed by atoms with Gasteiger partial charge >= 0.3 is 0 Å². The second-order valence-electron chi connectivity index (χ2n) is 10.6. The molecule has 44 heavy (non-hydrogen) atoms. The van der Waals surface area contributed by atoms with E-state index in [4.69, 9.17) is 9.47 Å². The van der Waals surface area contributed by atoms with Crippen molar-refractivity contribution in [3.63, 3.8) is 0 Å². The zero-order chi connectivity index (χ0) is 30.3. The van der Waals surface area contributed by atoms with E-state index in [1.165, 1.54) is 0 Å². The number of pyridine rings is 1. The number of rotatable bonds is 10. The number of aromatic nitrogens is 4. The third kappa shape index (κ3) is 7.06. The summed E-state index contributed by atoms with van der Waals surface area (Å²) >= 11 is 1.61. The molecule has 6 rings (SSSR count). The molecule has 0 spiro atoms. The monoisotopic (exact) mass is 607 g/mol. The smallest absolute Gasteiger partial charge is 0.253 e. The van der Waals surface area contributed by atoms with E-state index >= 15 is 0 Å². The Morgan fingerprint density at radius 2 is 1.80 bits per heavy atom. The minimum atomic E-state index is -0.556. The van der Waals surface area contributed by atoms with Crippen LogP contribution in [0.25, 0.3) is 11.1 Å². The molecule has 0 radical (unpaired) electrons. The third-order valence-corrected chi connectivity index (χ3v) is 8.72. The molecule has 2 aromatic heterocycles. The number of benzene rings is 3. The fourth-order valence-corrected chi connectivity index (χ4v) is 6.05. The molecule has 0 bridgehead atoms. The Morgan fingerprint density at radius 3 is 2.52 bits per heavy atom. The Kier molecular flexibility index (Phi) is 9.43. The molecular formula is C34H33N5O4S. The lowest BCUT2D eigenvalue weighted by molar-refractivity contribution is -0.245. The van der Waals surface area contributed by atoms with Gasteiger partial charge in [0.1, 0.15) is 6.33 Å². The van der Waals surface area contributed by atoms with Crippen molar-refractivity contribution in [3.8, 4) is 11.1 Å². The number of thioether (sulfide) groups is 1. The second-order valence-corrected chi connectivity index (χ2v) is 11.6. The normalized spacial score (nSPS) is 18.2. The zero-order valence-corrected chi connectivity index (χ0v) is 25.1. The van der Waals surface area contributed by atoms with Gasteiger partial charge in [-0.25, -0.2) is 0 Å². The quantitative estimate of drug-likeness (QED) is 0.196. The highest BCUT2D eigenvalue weighted by Gasteiger charge is 2.32. The first kappa shape index (κ1) is 29.7. The first-order valence-corrected chi connectivity index (χ1v) is 15.4. The average molecular weight is 608 g/mol. The van der Waals surface area contributed by atoms with Gasteiger partial charge < -0.3 is 24.5 Å². The molecule has 3 heterocycles. The fourth-order valence-electron chi connectivity index (χ4n) is 5.14. The first-order valence-electron chi connectivity index (χ1n) is 14.4. The highest BCUT2D eigenvalue weighted by Crippen LogP contribution is 2.40. The molecule has 5 aromatic rings. The fraction of sp³-hybridized carbons (Fsp3) is 0.235. The maximum atomic E-state index is 12.6. The average Bonchev–Trinajstić information content (AvgIpc) is 3.51. The highest BCUT2D eigenvalue weighted by atomic mass is 32.2. The number of aliphatic hydroxyl groups is 1. The number of aryl methyl sites for hydroxylation is 1. The maximum absolute atomic E-state index is 12.6. The molecule has 0 aliphatic carbocycles. The van der Waals surface area contributed by atoms with Crippen molar-refractivity contribution in [3.05, 3.63) is 131 Å². The van der Waals surface area contributed by atoms with Crippen LogP contribution in [0.5, 0.6) is 0 Å². The maximum Gasteiger partial charge on any atom is 0.253 e. The topological polar surface area (TPSA) is 111 Å². The van der Waals surface area contributed by atoms with Gasteiger partial charge in [0.2, 0.25) is 0 Å². The molecule has 3 aromatic carbocycles. The van der Waals surface area contributed by atoms with Crippen molar-refractivity contribution in [1.29, 1.82) is 0 Å². The van der Waals surface area contributed by atoms with E-state index in [1.807, 2.05) is 66.2 Å². The molecule has 0 saturated carbocycles. The van der Waals surface area contributed by atoms with Gasteiger partial charge in [0.25, 0.3) is 5.91 Å². The molecule has 10 heteroatoms. The Hall–Kier alpha value is -4.35. The lowest BCUT2D eigenvalue weighted by atomic mass is 9.97. The Labute approximate surface area is 260 Å². The van der Waals surface area contributed by atoms with E-state index in [1.54, 1.807) is 42.6 Å². The van der Waals surface area contributed by atoms with Crippen molar-refractivity contribution in [2.75, 3.05) is 5.75 Å². The SMILES string of the molecule is Cn1cnnc1SCC1CC(c2ccc(CO)cc2)OC(c2ccc(-c3ccccc3CNC(=O)c3cccnc3)cc2)O1. The predicted octanol–water partition coefficient (Wildman–Crippen LogP) is 5.64. The summed E-state index contributed by atoms with van der Waals surface area (Å²) in [5, 5.41) is 21.5. The molecule has 1 amide bonds. The summed E-state index contributed by atoms with van der Waals surface area (Å²) in [5.74, 6) is 0.538. The minimum absolute atomic E-state index is 0.000852. The van der Waals surface area contributed by atoms with Crippen LogP contribution in [0.2, 0.25) is 0 Å². The molecule has 9 nitrogen and oxygen atoms in total. The molecule has 3 unspecified atom stereocenters. The number of amides is 1. The van der Waals surface area contributed by atoms with Crippen LogP contribution in [0.3, 0.4) is 0 Å². The summed E-state index contributed by atoms with van der Waals surface area (Å²) in [6, 6.07) is 27.6. The standard InChI is InChI=1S/C34H33N5O4S/c1-39-22-37-38-34(39)44-21-29-17-31(25-10-8-23(20-40)9-11-25)43-33(42-29)26-14-12-24(13-15-26)30-7-3-2-5-27(30)19-36-32(41)28-6-4-16-35-18-28/h2-16,18,22,29,31,33,40H,17,19-21H2,1H3,(H,36,41). The number of nitrogens with zero attached hydrogens (tertiary/aromatic N) is 4. The summed E-state index contributed by atoms with van der Waals surface area (Å²) in [5.41, 5.74) is 6.42. The van der Waals surface area contributed by atoms with Gasteiger partial charge in [0.15, 0.2) is 11.4 Å². The van der Waals surface area contributed by atoms with Gasteiger partial charge in [-0.1, -0.05) is 84.6 Å². The van der Waals surface area contributed by atoms with Gasteiger partial charge in [-0.15, -0.1) is 10.2 Å². The number of hydrogen-bond donors (Lipinski definition) is 2. The Morgan fingerprint density at radius 1 is 1.00 bits per heavy atom. The van der Waals surface area contributed by atoms with Gasteiger partial charge in [0.05, 0.1) is 24.4 Å². The molecule has 1 saturated heterocycles. The predicted molar refractivity (Wildman–Crippen MR) is 167 cm³/mol. The molecule has 3 atom stereocenters. The van der Waals surface area contributed by atoms with Crippen molar-refractivity contribution < 1.29 is 19.4 Å². The van der Waals surface area contributed by atoms with Crippen molar-refractivity contribution >= 4 is 17.7 Å². The number of nitrogens with one attached hydrogen (secondary N) is 1. The minimum Gasteiger partial charge on any atom is -0.392 e. The molecule has 1 aliphatic heterocycles. The largest absolute Gasteiger partial charge is 0.392 e. The number of carbonyl (C=O) groups excluding carboxylic acids is 1. The second kappa shape index (κ2) is 14.0. The molecule has 1 fully saturated rings. The van der Waals surface area contributed by atoms with E-state index in [-0.39, 0.29) is 24.7 Å². The van der Waals surface area contributed by atoms with Gasteiger partial charge in [-0.05, 0) is 39.9 Å². The van der Waals surface area contributed by atoms with Crippen LogP contribution in [0.1, 0.15) is 51.4 Å². The molecule has 1 aliphatic rings. The summed E-state index contributed by atoms with van der Waals surface area (Å²) in [7, 11) is 1.93. The zero-order valence-electron chi connectivity index (χ0n) is 24.2. The van der Waals surface area contributed by atoms with Crippen molar-refractivity contribution in [2.45, 2.75) is 43.2 Å². The van der Waals surface area contributed by atoms with Crippen LogP contribution < -0.4 is 5.32 Å². The Balaban J connectivity index is 1.19. The summed E-state index contributed by atoms with van der Waals surface area (Å²) in [6.07, 6.45) is 4.78. The van der Waals surface area contributed by atoms with Crippen LogP contribution in [-0.2, 0) is 29.7 Å². The molecule has 224 valence electrons. The van der Waals surface area contributed by atoms with Gasteiger partial charge in [-0.2, -0.15) is 0 Å². The number of ether oxygens (including phenoxy) is 2. The van der Waals surface area contributed by atoms with Crippen molar-refractivity contribution in [2.24, 2.45) is 7.05 Å². The van der Waals surface area contributed by atoms with Crippen molar-refractivity contribution in [1.82, 2.24) is 25.1 Å². The Bertz CT molecular complexity index is 1680. The van der Waals surface area contributed by atoms with Gasteiger partial charge in [0, 0.05) is 43.7 Å². The van der Waals surface area contributed by atoms with Crippen LogP contribution >= 0.6 is 11.8 Å². The summed E-state index contributed by atoms with van der Waals surface area (Å²) < 4.78 is 14.9. The van der Waals surface area contributed by atoms with Crippen LogP contribution in [0.4, 0.5) is 0 Å². The van der Waals surface area contributed by atoms with E-state index < -0.39 is 6.29 Å². The van der Waals surface area contributed by atoms with Crippen LogP contribution in [0, 0.1) is 0 Å². The van der Waals surface area contributed by atoms with E-state index in [0.717, 1.165) is 38.5 Å². The number of hydrogen-bond acceptors (Lipinski definition) is 8. The molecule has 2 N–H and O–H groups in total.